The smallest absolute Gasteiger partial charge is 0.326 e. The third kappa shape index (κ3) is 4.83. The third-order valence-corrected chi connectivity index (χ3v) is 7.57. The maximum Gasteiger partial charge on any atom is 0.326 e. The van der Waals surface area contributed by atoms with E-state index < -0.39 is 35.3 Å². The summed E-state index contributed by atoms with van der Waals surface area (Å²) in [4.78, 5) is 56.4. The Morgan fingerprint density at radius 3 is 2.29 bits per heavy atom. The molecule has 0 aromatic heterocycles. The summed E-state index contributed by atoms with van der Waals surface area (Å²) in [5.41, 5.74) is 0.0340. The molecule has 2 N–H and O–H groups in total. The second-order valence-corrected chi connectivity index (χ2v) is 9.52. The molecule has 2 aromatic carbocycles. The van der Waals surface area contributed by atoms with Crippen LogP contribution in [0, 0.1) is 11.8 Å². The summed E-state index contributed by atoms with van der Waals surface area (Å²) in [6.45, 7) is 4.21. The molecule has 10 nitrogen and oxygen atoms in total. The molecule has 0 saturated carbocycles. The van der Waals surface area contributed by atoms with E-state index in [1.54, 1.807) is 43.2 Å². The number of ether oxygens (including phenoxy) is 2. The minimum Gasteiger partial charge on any atom is -0.497 e. The molecule has 2 fully saturated rings. The van der Waals surface area contributed by atoms with E-state index >= 15 is 0 Å². The largest absolute Gasteiger partial charge is 0.497 e. The van der Waals surface area contributed by atoms with Crippen LogP contribution in [0.15, 0.2) is 54.6 Å². The molecule has 2 saturated heterocycles. The molecule has 4 amide bonds. The van der Waals surface area contributed by atoms with Crippen molar-refractivity contribution in [2.75, 3.05) is 32.6 Å². The van der Waals surface area contributed by atoms with E-state index in [-0.39, 0.29) is 31.4 Å². The second-order valence-electron chi connectivity index (χ2n) is 9.52. The molecule has 0 unspecified atom stereocenters. The first kappa shape index (κ1) is 27.1. The molecule has 0 bridgehead atoms. The number of hydrogen-bond donors (Lipinski definition) is 2. The summed E-state index contributed by atoms with van der Waals surface area (Å²) in [5.74, 6) is -2.42. The van der Waals surface area contributed by atoms with E-state index in [2.05, 4.69) is 10.6 Å². The molecule has 2 heterocycles. The van der Waals surface area contributed by atoms with E-state index in [0.717, 1.165) is 5.56 Å². The fourth-order valence-corrected chi connectivity index (χ4v) is 5.57. The van der Waals surface area contributed by atoms with Gasteiger partial charge in [0.05, 0.1) is 32.6 Å². The number of anilines is 1. The van der Waals surface area contributed by atoms with Gasteiger partial charge in [-0.1, -0.05) is 37.3 Å². The number of benzene rings is 2. The van der Waals surface area contributed by atoms with Crippen molar-refractivity contribution in [3.63, 3.8) is 0 Å². The number of esters is 1. The second kappa shape index (κ2) is 11.2. The Bertz CT molecular complexity index is 1190. The molecule has 4 rings (SSSR count). The zero-order valence-electron chi connectivity index (χ0n) is 22.1. The molecule has 2 aliphatic heterocycles. The van der Waals surface area contributed by atoms with Gasteiger partial charge in [0.25, 0.3) is 0 Å². The number of carbonyl (C=O) groups is 4. The summed E-state index contributed by atoms with van der Waals surface area (Å²) in [5, 5.41) is 6.13. The van der Waals surface area contributed by atoms with Crippen molar-refractivity contribution in [3.05, 3.63) is 60.2 Å². The Hall–Kier alpha value is -3.92. The molecule has 2 aromatic rings. The fraction of sp³-hybridized carbons (Fsp3) is 0.429. The van der Waals surface area contributed by atoms with Crippen molar-refractivity contribution in [2.24, 2.45) is 11.8 Å². The molecule has 0 aliphatic carbocycles. The van der Waals surface area contributed by atoms with Gasteiger partial charge in [-0.25, -0.2) is 4.79 Å². The van der Waals surface area contributed by atoms with Crippen LogP contribution in [0.1, 0.15) is 25.8 Å². The molecule has 0 radical (unpaired) electrons. The van der Waals surface area contributed by atoms with Gasteiger partial charge < -0.3 is 19.7 Å². The summed E-state index contributed by atoms with van der Waals surface area (Å²) >= 11 is 0. The van der Waals surface area contributed by atoms with Crippen molar-refractivity contribution < 1.29 is 28.7 Å². The summed E-state index contributed by atoms with van der Waals surface area (Å²) in [7, 11) is 2.84. The number of hydrogen-bond acceptors (Lipinski definition) is 7. The number of amides is 4. The lowest BCUT2D eigenvalue weighted by molar-refractivity contribution is -0.154. The van der Waals surface area contributed by atoms with Crippen LogP contribution in [-0.2, 0) is 25.7 Å². The lowest BCUT2D eigenvalue weighted by Crippen LogP contribution is -2.58. The first-order valence-electron chi connectivity index (χ1n) is 12.7. The topological polar surface area (TPSA) is 117 Å². The number of likely N-dealkylation sites (tertiary alicyclic amines) is 1. The lowest BCUT2D eigenvalue weighted by atomic mass is 9.78. The number of nitrogens with one attached hydrogen (secondary N) is 2. The molecular weight excluding hydrogens is 488 g/mol. The van der Waals surface area contributed by atoms with E-state index in [4.69, 9.17) is 9.47 Å². The van der Waals surface area contributed by atoms with Gasteiger partial charge in [-0.3, -0.25) is 24.6 Å². The van der Waals surface area contributed by atoms with E-state index in [1.807, 2.05) is 37.3 Å². The number of imide groups is 1. The zero-order chi connectivity index (χ0) is 27.4. The van der Waals surface area contributed by atoms with Gasteiger partial charge in [0.15, 0.2) is 0 Å². The number of likely N-dealkylation sites (N-methyl/N-ethyl adjacent to an activating group) is 1. The van der Waals surface area contributed by atoms with Crippen LogP contribution in [0.3, 0.4) is 0 Å². The fourth-order valence-electron chi connectivity index (χ4n) is 5.57. The average Bonchev–Trinajstić information content (AvgIpc) is 3.41. The van der Waals surface area contributed by atoms with Crippen LogP contribution in [0.25, 0.3) is 0 Å². The van der Waals surface area contributed by atoms with Gasteiger partial charge in [-0.15, -0.1) is 0 Å². The maximum absolute atomic E-state index is 13.7. The number of nitrogens with zero attached hydrogens (tertiary/aromatic N) is 2. The molecule has 2 aliphatic rings. The highest BCUT2D eigenvalue weighted by Crippen LogP contribution is 2.45. The van der Waals surface area contributed by atoms with Crippen LogP contribution >= 0.6 is 0 Å². The first-order valence-corrected chi connectivity index (χ1v) is 12.7. The normalized spacial score (nSPS) is 24.2. The van der Waals surface area contributed by atoms with Gasteiger partial charge >= 0.3 is 12.0 Å². The highest BCUT2D eigenvalue weighted by Gasteiger charge is 2.67. The molecule has 10 heteroatoms. The molecule has 202 valence electrons. The van der Waals surface area contributed by atoms with E-state index in [1.165, 1.54) is 12.0 Å². The van der Waals surface area contributed by atoms with Crippen LogP contribution in [0.5, 0.6) is 5.75 Å². The highest BCUT2D eigenvalue weighted by molar-refractivity contribution is 6.09. The van der Waals surface area contributed by atoms with Crippen LogP contribution in [0.2, 0.25) is 0 Å². The molecule has 0 spiro atoms. The van der Waals surface area contributed by atoms with Crippen LogP contribution in [-0.4, -0.2) is 72.5 Å². The van der Waals surface area contributed by atoms with Gasteiger partial charge in [0.2, 0.25) is 11.8 Å². The zero-order valence-corrected chi connectivity index (χ0v) is 22.1. The Kier molecular flexibility index (Phi) is 8.01. The van der Waals surface area contributed by atoms with E-state index in [9.17, 15) is 19.2 Å². The van der Waals surface area contributed by atoms with Crippen molar-refractivity contribution in [1.29, 1.82) is 0 Å². The van der Waals surface area contributed by atoms with Gasteiger partial charge in [-0.05, 0) is 43.2 Å². The molecule has 4 atom stereocenters. The Morgan fingerprint density at radius 1 is 1.03 bits per heavy atom. The minimum atomic E-state index is -1.37. The monoisotopic (exact) mass is 522 g/mol. The standard InChI is InChI=1S/C28H34N4O6/c1-5-28(26(35)38-4)23-22(24(33)32(25(23)34)16-18-10-8-7-9-11-18)21(30-28)17-31(6-2)27(36)29-19-12-14-20(37-3)15-13-19/h7-15,21-23,30H,5-6,16-17H2,1-4H3,(H,29,36)/t21-,22+,23-,28-/m1/s1. The van der Waals surface area contributed by atoms with Gasteiger partial charge in [0, 0.05) is 24.8 Å². The number of fused-ring (bicyclic) bond motifs is 1. The number of rotatable bonds is 9. The number of urea groups is 1. The number of methoxy groups -OCH3 is 2. The Morgan fingerprint density at radius 2 is 1.71 bits per heavy atom. The predicted molar refractivity (Wildman–Crippen MR) is 140 cm³/mol. The van der Waals surface area contributed by atoms with Gasteiger partial charge in [0.1, 0.15) is 11.3 Å². The maximum atomic E-state index is 13.7. The van der Waals surface area contributed by atoms with Crippen molar-refractivity contribution in [3.8, 4) is 5.75 Å². The van der Waals surface area contributed by atoms with Crippen molar-refractivity contribution >= 4 is 29.5 Å². The highest BCUT2D eigenvalue weighted by atomic mass is 16.5. The summed E-state index contributed by atoms with van der Waals surface area (Å²) in [6.07, 6.45) is 0.250. The summed E-state index contributed by atoms with van der Waals surface area (Å²) < 4.78 is 10.3. The Labute approximate surface area is 222 Å². The molecular formula is C28H34N4O6. The Balaban J connectivity index is 1.60. The molecule has 38 heavy (non-hydrogen) atoms. The first-order chi connectivity index (χ1) is 18.3. The van der Waals surface area contributed by atoms with Crippen LogP contribution in [0.4, 0.5) is 10.5 Å². The van der Waals surface area contributed by atoms with Crippen molar-refractivity contribution in [2.45, 2.75) is 38.4 Å². The van der Waals surface area contributed by atoms with Crippen LogP contribution < -0.4 is 15.4 Å². The quantitative estimate of drug-likeness (QED) is 0.384. The SMILES string of the molecule is CCN(C[C@H]1N[C@@](CC)(C(=O)OC)[C@H]2C(=O)N(Cc3ccccc3)C(=O)[C@@H]12)C(=O)Nc1ccc(OC)cc1. The average molecular weight is 523 g/mol. The van der Waals surface area contributed by atoms with Gasteiger partial charge in [-0.2, -0.15) is 0 Å². The predicted octanol–water partition coefficient (Wildman–Crippen LogP) is 2.64. The minimum absolute atomic E-state index is 0.120. The van der Waals surface area contributed by atoms with E-state index in [0.29, 0.717) is 18.0 Å². The van der Waals surface area contributed by atoms with Crippen molar-refractivity contribution in [1.82, 2.24) is 15.1 Å². The lowest BCUT2D eigenvalue weighted by Gasteiger charge is -2.32. The number of carbonyl (C=O) groups excluding carboxylic acids is 4. The third-order valence-electron chi connectivity index (χ3n) is 7.57. The summed E-state index contributed by atoms with van der Waals surface area (Å²) in [6, 6.07) is 15.2.